The summed E-state index contributed by atoms with van der Waals surface area (Å²) < 4.78 is 47.3. The van der Waals surface area contributed by atoms with Gasteiger partial charge in [-0.05, 0) is 68.4 Å². The van der Waals surface area contributed by atoms with Gasteiger partial charge >= 0.3 is 6.18 Å². The maximum absolute atomic E-state index is 13.1. The van der Waals surface area contributed by atoms with Crippen LogP contribution in [0.25, 0.3) is 16.8 Å². The van der Waals surface area contributed by atoms with Crippen LogP contribution in [0.4, 0.5) is 24.8 Å². The van der Waals surface area contributed by atoms with Gasteiger partial charge in [0.25, 0.3) is 5.91 Å². The van der Waals surface area contributed by atoms with Gasteiger partial charge in [0, 0.05) is 54.6 Å². The van der Waals surface area contributed by atoms with Crippen molar-refractivity contribution in [3.63, 3.8) is 0 Å². The number of nitrogens with zero attached hydrogens (tertiary/aromatic N) is 5. The number of nitrogens with one attached hydrogen (secondary N) is 1. The van der Waals surface area contributed by atoms with E-state index in [1.807, 2.05) is 15.5 Å². The number of aromatic nitrogens is 4. The van der Waals surface area contributed by atoms with Gasteiger partial charge in [-0.25, -0.2) is 15.0 Å². The highest BCUT2D eigenvalue weighted by Crippen LogP contribution is 2.60. The van der Waals surface area contributed by atoms with Crippen molar-refractivity contribution >= 4 is 29.0 Å². The van der Waals surface area contributed by atoms with E-state index < -0.39 is 17.6 Å². The second kappa shape index (κ2) is 10.2. The molecule has 2 saturated heterocycles. The van der Waals surface area contributed by atoms with Gasteiger partial charge in [0.2, 0.25) is 5.91 Å². The zero-order chi connectivity index (χ0) is 30.8. The average Bonchev–Trinajstić information content (AvgIpc) is 3.58. The summed E-state index contributed by atoms with van der Waals surface area (Å²) in [6.45, 7) is 2.67. The third-order valence-electron chi connectivity index (χ3n) is 9.11. The minimum atomic E-state index is -4.57. The first-order valence-corrected chi connectivity index (χ1v) is 14.6. The topological polar surface area (TPSA) is 128 Å². The van der Waals surface area contributed by atoms with Crippen molar-refractivity contribution < 1.29 is 27.5 Å². The minimum absolute atomic E-state index is 0.00675. The molecule has 2 atom stereocenters. The number of hydrogen-bond donors (Lipinski definition) is 2. The summed E-state index contributed by atoms with van der Waals surface area (Å²) in [7, 11) is 0. The monoisotopic (exact) mass is 605 g/mol. The lowest BCUT2D eigenvalue weighted by Gasteiger charge is -2.37. The summed E-state index contributed by atoms with van der Waals surface area (Å²) in [4.78, 5) is 41.2. The number of hydrogen-bond acceptors (Lipinski definition) is 7. The van der Waals surface area contributed by atoms with Crippen LogP contribution in [0.2, 0.25) is 0 Å². The molecule has 1 aromatic carbocycles. The van der Waals surface area contributed by atoms with Crippen molar-refractivity contribution in [1.29, 1.82) is 0 Å². The van der Waals surface area contributed by atoms with Crippen molar-refractivity contribution in [3.05, 3.63) is 65.9 Å². The summed E-state index contributed by atoms with van der Waals surface area (Å²) in [6, 6.07) is 6.65. The number of piperidine rings is 1. The largest absolute Gasteiger partial charge is 0.493 e. The van der Waals surface area contributed by atoms with Crippen LogP contribution in [0, 0.1) is 5.41 Å². The van der Waals surface area contributed by atoms with Crippen LogP contribution < -0.4 is 15.8 Å². The molecule has 2 amide bonds. The predicted molar refractivity (Wildman–Crippen MR) is 155 cm³/mol. The van der Waals surface area contributed by atoms with Gasteiger partial charge in [0.1, 0.15) is 34.4 Å². The molecule has 44 heavy (non-hydrogen) atoms. The fraction of sp³-hybridized carbons (Fsp3) is 0.387. The third-order valence-corrected chi connectivity index (χ3v) is 9.11. The fourth-order valence-electron chi connectivity index (χ4n) is 6.85. The first-order valence-electron chi connectivity index (χ1n) is 14.6. The van der Waals surface area contributed by atoms with Crippen LogP contribution in [0.1, 0.15) is 66.7 Å². The Balaban J connectivity index is 1.23. The molecule has 3 aliphatic rings. The Labute approximate surface area is 250 Å². The number of nitrogens with two attached hydrogens (primary N) is 1. The standard InChI is InChI=1S/C31H30F3N7O3/c1-2-44-21-13-17(29(43)38-23-14-19(7-10-36-23)31(32,33)34)3-5-20(21)25-26-27(35)37-11-12-40(26)28(39-25)18-4-6-22-30(8-9-30)15-24(42)41(22)16-18/h3,5,7,10-14,18,22H,2,4,6,8-9,15-16H2,1H3,(H2,35,37)(H,36,38,43)/t18-,22+/m0/s1. The number of amides is 2. The highest BCUT2D eigenvalue weighted by molar-refractivity contribution is 6.04. The van der Waals surface area contributed by atoms with Crippen LogP contribution in [-0.2, 0) is 11.0 Å². The quantitative estimate of drug-likeness (QED) is 0.305. The van der Waals surface area contributed by atoms with Crippen LogP contribution >= 0.6 is 0 Å². The van der Waals surface area contributed by atoms with Crippen molar-refractivity contribution in [2.75, 3.05) is 24.2 Å². The maximum Gasteiger partial charge on any atom is 0.416 e. The van der Waals surface area contributed by atoms with E-state index in [-0.39, 0.29) is 41.0 Å². The molecule has 4 aromatic rings. The molecule has 1 aliphatic carbocycles. The second-order valence-electron chi connectivity index (χ2n) is 11.8. The Hall–Kier alpha value is -4.68. The normalized spacial score (nSPS) is 20.6. The smallest absolute Gasteiger partial charge is 0.416 e. The molecule has 10 nitrogen and oxygen atoms in total. The lowest BCUT2D eigenvalue weighted by molar-refractivity contribution is -0.137. The molecule has 3 aromatic heterocycles. The molecule has 7 rings (SSSR count). The number of imidazole rings is 1. The summed E-state index contributed by atoms with van der Waals surface area (Å²) in [5, 5.41) is 2.43. The van der Waals surface area contributed by atoms with E-state index in [1.165, 1.54) is 6.07 Å². The Kier molecular flexibility index (Phi) is 6.52. The first kappa shape index (κ1) is 28.1. The number of carbonyl (C=O) groups excluding carboxylic acids is 2. The Morgan fingerprint density at radius 3 is 2.73 bits per heavy atom. The molecular weight excluding hydrogens is 575 g/mol. The minimum Gasteiger partial charge on any atom is -0.493 e. The molecule has 5 heterocycles. The summed E-state index contributed by atoms with van der Waals surface area (Å²) >= 11 is 0. The molecule has 0 bridgehead atoms. The molecule has 3 N–H and O–H groups in total. The third kappa shape index (κ3) is 4.70. The number of anilines is 2. The zero-order valence-corrected chi connectivity index (χ0v) is 23.9. The van der Waals surface area contributed by atoms with Crippen LogP contribution in [0.5, 0.6) is 5.75 Å². The van der Waals surface area contributed by atoms with Crippen LogP contribution in [-0.4, -0.2) is 55.3 Å². The lowest BCUT2D eigenvalue weighted by atomic mass is 9.86. The van der Waals surface area contributed by atoms with E-state index in [9.17, 15) is 22.8 Å². The highest BCUT2D eigenvalue weighted by atomic mass is 19.4. The van der Waals surface area contributed by atoms with E-state index in [0.29, 0.717) is 41.5 Å². The van der Waals surface area contributed by atoms with Crippen molar-refractivity contribution in [3.8, 4) is 17.0 Å². The molecule has 2 aliphatic heterocycles. The van der Waals surface area contributed by atoms with E-state index in [4.69, 9.17) is 15.5 Å². The number of fused-ring (bicyclic) bond motifs is 3. The van der Waals surface area contributed by atoms with E-state index in [1.54, 1.807) is 25.3 Å². The molecule has 0 radical (unpaired) electrons. The summed E-state index contributed by atoms with van der Waals surface area (Å²) in [5.74, 6) is 0.715. The van der Waals surface area contributed by atoms with Gasteiger partial charge in [0.15, 0.2) is 0 Å². The molecule has 3 fully saturated rings. The Bertz CT molecular complexity index is 1800. The highest BCUT2D eigenvalue weighted by Gasteiger charge is 2.60. The number of pyridine rings is 1. The average molecular weight is 606 g/mol. The lowest BCUT2D eigenvalue weighted by Crippen LogP contribution is -2.43. The fourth-order valence-corrected chi connectivity index (χ4v) is 6.85. The van der Waals surface area contributed by atoms with Gasteiger partial charge in [-0.3, -0.25) is 14.0 Å². The van der Waals surface area contributed by atoms with Gasteiger partial charge in [-0.1, -0.05) is 0 Å². The number of ether oxygens (including phenoxy) is 1. The first-order chi connectivity index (χ1) is 21.1. The van der Waals surface area contributed by atoms with Crippen LogP contribution in [0.15, 0.2) is 48.9 Å². The van der Waals surface area contributed by atoms with Gasteiger partial charge in [0.05, 0.1) is 12.2 Å². The van der Waals surface area contributed by atoms with Crippen molar-refractivity contribution in [2.24, 2.45) is 5.41 Å². The molecule has 1 spiro atoms. The Morgan fingerprint density at radius 1 is 1.16 bits per heavy atom. The van der Waals surface area contributed by atoms with E-state index in [0.717, 1.165) is 49.8 Å². The molecule has 0 unspecified atom stereocenters. The van der Waals surface area contributed by atoms with E-state index >= 15 is 0 Å². The number of alkyl halides is 3. The van der Waals surface area contributed by atoms with Crippen LogP contribution in [0.3, 0.4) is 0 Å². The maximum atomic E-state index is 13.1. The Morgan fingerprint density at radius 2 is 1.98 bits per heavy atom. The molecule has 228 valence electrons. The number of halogens is 3. The van der Waals surface area contributed by atoms with Crippen molar-refractivity contribution in [1.82, 2.24) is 24.3 Å². The van der Waals surface area contributed by atoms with Gasteiger partial charge in [-0.2, -0.15) is 13.2 Å². The zero-order valence-electron chi connectivity index (χ0n) is 23.9. The molecule has 13 heteroatoms. The summed E-state index contributed by atoms with van der Waals surface area (Å²) in [5.41, 5.74) is 7.49. The van der Waals surface area contributed by atoms with E-state index in [2.05, 4.69) is 15.3 Å². The predicted octanol–water partition coefficient (Wildman–Crippen LogP) is 5.30. The number of nitrogen functional groups attached to an aromatic ring is 1. The second-order valence-corrected chi connectivity index (χ2v) is 11.8. The number of rotatable bonds is 6. The van der Waals surface area contributed by atoms with Gasteiger partial charge < -0.3 is 20.7 Å². The van der Waals surface area contributed by atoms with Gasteiger partial charge in [-0.15, -0.1) is 0 Å². The number of carbonyl (C=O) groups is 2. The summed E-state index contributed by atoms with van der Waals surface area (Å²) in [6.07, 6.45) is 4.52. The SMILES string of the molecule is CCOc1cc(C(=O)Nc2cc(C(F)(F)F)ccn2)ccc1-c1nc([C@H]2CC[C@H]3N(C2)C(=O)CC32CC2)n2ccnc(N)c12. The molecule has 1 saturated carbocycles. The molecular formula is C31H30F3N7O3. The number of benzene rings is 1. The van der Waals surface area contributed by atoms with Crippen molar-refractivity contribution in [2.45, 2.75) is 57.2 Å².